The number of ether oxygens (including phenoxy) is 1. The molecule has 0 N–H and O–H groups in total. The summed E-state index contributed by atoms with van der Waals surface area (Å²) in [6.45, 7) is 5.88. The Morgan fingerprint density at radius 1 is 1.03 bits per heavy atom. The second-order valence-corrected chi connectivity index (χ2v) is 12.8. The van der Waals surface area contributed by atoms with Gasteiger partial charge in [0.2, 0.25) is 0 Å². The Bertz CT molecular complexity index is 989. The number of rotatable bonds is 6. The summed E-state index contributed by atoms with van der Waals surface area (Å²) < 4.78 is 69.9. The summed E-state index contributed by atoms with van der Waals surface area (Å²) in [4.78, 5) is 51.5. The average Bonchev–Trinajstić information content (AvgIpc) is 3.14. The fourth-order valence-electron chi connectivity index (χ4n) is 8.58. The summed E-state index contributed by atoms with van der Waals surface area (Å²) in [6.07, 6.45) is -5.87. The van der Waals surface area contributed by atoms with Crippen LogP contribution in [0.3, 0.4) is 0 Å². The zero-order valence-corrected chi connectivity index (χ0v) is 22.3. The lowest BCUT2D eigenvalue weighted by Gasteiger charge is -2.58. The molecule has 0 aromatic rings. The van der Waals surface area contributed by atoms with Gasteiger partial charge in [-0.3, -0.25) is 19.2 Å². The van der Waals surface area contributed by atoms with Gasteiger partial charge in [0, 0.05) is 50.4 Å². The van der Waals surface area contributed by atoms with E-state index in [0.29, 0.717) is 38.5 Å². The molecular formula is C28H37F5O5. The molecule has 4 aliphatic rings. The molecular weight excluding hydrogens is 511 g/mol. The van der Waals surface area contributed by atoms with Crippen molar-refractivity contribution in [3.63, 3.8) is 0 Å². The number of alkyl halides is 5. The fourth-order valence-corrected chi connectivity index (χ4v) is 8.58. The average molecular weight is 549 g/mol. The molecule has 9 atom stereocenters. The Hall–Kier alpha value is -1.87. The first kappa shape index (κ1) is 29.1. The van der Waals surface area contributed by atoms with Crippen molar-refractivity contribution >= 4 is 23.3 Å². The van der Waals surface area contributed by atoms with Crippen molar-refractivity contribution in [2.45, 2.75) is 104 Å². The lowest BCUT2D eigenvalue weighted by Crippen LogP contribution is -2.60. The second kappa shape index (κ2) is 9.65. The van der Waals surface area contributed by atoms with Crippen LogP contribution in [0.1, 0.15) is 85.5 Å². The van der Waals surface area contributed by atoms with Gasteiger partial charge in [0.15, 0.2) is 0 Å². The van der Waals surface area contributed by atoms with E-state index in [1.165, 1.54) is 0 Å². The summed E-state index contributed by atoms with van der Waals surface area (Å²) >= 11 is 0. The third-order valence-electron chi connectivity index (χ3n) is 10.7. The van der Waals surface area contributed by atoms with E-state index in [-0.39, 0.29) is 78.0 Å². The molecule has 0 amide bonds. The Morgan fingerprint density at radius 2 is 1.68 bits per heavy atom. The van der Waals surface area contributed by atoms with Gasteiger partial charge >= 0.3 is 12.1 Å². The number of Topliss-reactive ketones (excluding diaryl/α,β-unsaturated/α-hetero) is 3. The quantitative estimate of drug-likeness (QED) is 0.295. The number of hydrogen-bond donors (Lipinski definition) is 0. The van der Waals surface area contributed by atoms with Crippen LogP contribution in [0.5, 0.6) is 0 Å². The largest absolute Gasteiger partial charge is 0.446 e. The molecule has 5 nitrogen and oxygen atoms in total. The molecule has 0 aliphatic heterocycles. The van der Waals surface area contributed by atoms with Crippen LogP contribution >= 0.6 is 0 Å². The van der Waals surface area contributed by atoms with Gasteiger partial charge in [0.05, 0.1) is 0 Å². The predicted octanol–water partition coefficient (Wildman–Crippen LogP) is 6.12. The second-order valence-electron chi connectivity index (χ2n) is 12.8. The molecule has 214 valence electrons. The smallest absolute Gasteiger partial charge is 0.431 e. The molecule has 4 saturated carbocycles. The van der Waals surface area contributed by atoms with Crippen LogP contribution in [0.25, 0.3) is 0 Å². The van der Waals surface area contributed by atoms with E-state index in [1.54, 1.807) is 0 Å². The summed E-state index contributed by atoms with van der Waals surface area (Å²) in [5.74, 6) is -6.31. The molecule has 2 unspecified atom stereocenters. The number of carbonyl (C=O) groups excluding carboxylic acids is 4. The zero-order valence-electron chi connectivity index (χ0n) is 22.3. The first-order valence-corrected chi connectivity index (χ1v) is 13.6. The predicted molar refractivity (Wildman–Crippen MR) is 126 cm³/mol. The van der Waals surface area contributed by atoms with Gasteiger partial charge in [-0.15, -0.1) is 0 Å². The van der Waals surface area contributed by atoms with E-state index in [2.05, 4.69) is 11.7 Å². The Balaban J connectivity index is 1.47. The lowest BCUT2D eigenvalue weighted by atomic mass is 9.44. The van der Waals surface area contributed by atoms with Crippen LogP contribution in [0.4, 0.5) is 22.0 Å². The highest BCUT2D eigenvalue weighted by atomic mass is 19.4. The van der Waals surface area contributed by atoms with Crippen LogP contribution in [-0.4, -0.2) is 41.5 Å². The SMILES string of the molecule is CC(CCC(=O)OC(C(C)(F)F)C(F)(F)F)[C@H]1CC[C@H]2[C@@H]3C(=O)C[C@@H]4CC(=O)CC[C@]4(C)[C@H]3CC(=O)[C@]12C. The lowest BCUT2D eigenvalue weighted by molar-refractivity contribution is -0.273. The van der Waals surface area contributed by atoms with E-state index in [0.717, 1.165) is 0 Å². The van der Waals surface area contributed by atoms with Gasteiger partial charge in [-0.1, -0.05) is 20.8 Å². The van der Waals surface area contributed by atoms with Crippen LogP contribution in [0.2, 0.25) is 0 Å². The number of halogens is 5. The molecule has 4 fully saturated rings. The van der Waals surface area contributed by atoms with Crippen molar-refractivity contribution in [1.82, 2.24) is 0 Å². The fraction of sp³-hybridized carbons (Fsp3) is 0.857. The molecule has 4 aliphatic carbocycles. The monoisotopic (exact) mass is 548 g/mol. The minimum absolute atomic E-state index is 0.0344. The maximum Gasteiger partial charge on any atom is 0.431 e. The molecule has 0 bridgehead atoms. The highest BCUT2D eigenvalue weighted by Gasteiger charge is 2.66. The van der Waals surface area contributed by atoms with Crippen LogP contribution in [0, 0.1) is 46.3 Å². The molecule has 0 aromatic heterocycles. The minimum Gasteiger partial charge on any atom is -0.446 e. The normalized spacial score (nSPS) is 39.2. The summed E-state index contributed by atoms with van der Waals surface area (Å²) in [5, 5.41) is 0. The van der Waals surface area contributed by atoms with Crippen molar-refractivity contribution in [1.29, 1.82) is 0 Å². The highest BCUT2D eigenvalue weighted by Crippen LogP contribution is 2.66. The summed E-state index contributed by atoms with van der Waals surface area (Å²) in [7, 11) is 0. The van der Waals surface area contributed by atoms with Gasteiger partial charge < -0.3 is 4.74 Å². The van der Waals surface area contributed by atoms with Crippen molar-refractivity contribution in [3.05, 3.63) is 0 Å². The third-order valence-corrected chi connectivity index (χ3v) is 10.7. The van der Waals surface area contributed by atoms with Crippen molar-refractivity contribution in [2.75, 3.05) is 0 Å². The molecule has 38 heavy (non-hydrogen) atoms. The van der Waals surface area contributed by atoms with Gasteiger partial charge in [0.1, 0.15) is 17.3 Å². The van der Waals surface area contributed by atoms with Crippen molar-refractivity contribution in [3.8, 4) is 0 Å². The minimum atomic E-state index is -5.40. The third kappa shape index (κ3) is 4.82. The number of fused-ring (bicyclic) bond motifs is 5. The molecule has 0 heterocycles. The number of esters is 1. The molecule has 4 rings (SSSR count). The first-order chi connectivity index (χ1) is 17.4. The van der Waals surface area contributed by atoms with Gasteiger partial charge in [0.25, 0.3) is 12.0 Å². The van der Waals surface area contributed by atoms with Crippen LogP contribution in [0.15, 0.2) is 0 Å². The highest BCUT2D eigenvalue weighted by molar-refractivity contribution is 5.93. The number of ketones is 3. The van der Waals surface area contributed by atoms with Crippen molar-refractivity contribution < 1.29 is 45.9 Å². The van der Waals surface area contributed by atoms with Gasteiger partial charge in [-0.2, -0.15) is 13.2 Å². The zero-order chi connectivity index (χ0) is 28.4. The van der Waals surface area contributed by atoms with E-state index in [4.69, 9.17) is 0 Å². The first-order valence-electron chi connectivity index (χ1n) is 13.6. The van der Waals surface area contributed by atoms with Crippen LogP contribution in [-0.2, 0) is 23.9 Å². The van der Waals surface area contributed by atoms with Gasteiger partial charge in [-0.05, 0) is 60.7 Å². The van der Waals surface area contributed by atoms with E-state index >= 15 is 0 Å². The Morgan fingerprint density at radius 3 is 2.29 bits per heavy atom. The van der Waals surface area contributed by atoms with Crippen LogP contribution < -0.4 is 0 Å². The molecule has 10 heteroatoms. The topological polar surface area (TPSA) is 77.5 Å². The van der Waals surface area contributed by atoms with E-state index < -0.39 is 36.0 Å². The number of hydrogen-bond acceptors (Lipinski definition) is 5. The van der Waals surface area contributed by atoms with E-state index in [1.807, 2.05) is 13.8 Å². The Labute approximate surface area is 219 Å². The standard InChI is InChI=1S/C28H37F5O5/c1-14(5-8-22(37)38-24(27(4,29)30)28(31,32)33)17-6-7-18-23-19(13-21(36)26(17,18)3)25(2)10-9-16(34)11-15(25)12-20(23)35/h14-15,17-19,23-24H,5-13H2,1-4H3/t14?,15-,17+,18-,19-,23-,24?,25-,26+/m0/s1. The molecule has 0 aromatic carbocycles. The van der Waals surface area contributed by atoms with E-state index in [9.17, 15) is 41.1 Å². The summed E-state index contributed by atoms with van der Waals surface area (Å²) in [6, 6.07) is 0. The van der Waals surface area contributed by atoms with Crippen molar-refractivity contribution in [2.24, 2.45) is 46.3 Å². The molecule has 0 radical (unpaired) electrons. The number of carbonyl (C=O) groups is 4. The van der Waals surface area contributed by atoms with Gasteiger partial charge in [-0.25, -0.2) is 8.78 Å². The summed E-state index contributed by atoms with van der Waals surface area (Å²) in [5.41, 5.74) is -1.05. The Kier molecular flexibility index (Phi) is 7.39. The maximum atomic E-state index is 13.8. The molecule has 0 saturated heterocycles. The molecule has 0 spiro atoms. The maximum absolute atomic E-state index is 13.8.